The van der Waals surface area contributed by atoms with E-state index in [1.807, 2.05) is 12.1 Å². The molecule has 2 fully saturated rings. The van der Waals surface area contributed by atoms with Gasteiger partial charge in [-0.2, -0.15) is 0 Å². The van der Waals surface area contributed by atoms with Crippen molar-refractivity contribution in [1.82, 2.24) is 14.8 Å². The zero-order chi connectivity index (χ0) is 20.9. The normalized spacial score (nSPS) is 19.9. The molecular weight excluding hydrogens is 400 g/mol. The molecule has 0 spiro atoms. The maximum Gasteiger partial charge on any atom is 0.228 e. The fourth-order valence-electron chi connectivity index (χ4n) is 3.97. The summed E-state index contributed by atoms with van der Waals surface area (Å²) in [6.45, 7) is 5.87. The third-order valence-electron chi connectivity index (χ3n) is 5.92. The van der Waals surface area contributed by atoms with E-state index in [4.69, 9.17) is 9.47 Å². The lowest BCUT2D eigenvalue weighted by atomic mass is 10.00. The number of ether oxygens (including phenoxy) is 2. The minimum atomic E-state index is 0.0719. The zero-order valence-electron chi connectivity index (χ0n) is 17.7. The van der Waals surface area contributed by atoms with Crippen molar-refractivity contribution in [2.24, 2.45) is 5.92 Å². The monoisotopic (exact) mass is 430 g/mol. The minimum absolute atomic E-state index is 0.0719. The number of methoxy groups -OCH3 is 1. The quantitative estimate of drug-likeness (QED) is 0.467. The molecule has 4 rings (SSSR count). The molecule has 7 nitrogen and oxygen atoms in total. The van der Waals surface area contributed by atoms with Gasteiger partial charge in [-0.25, -0.2) is 0 Å². The fraction of sp³-hybridized carbons (Fsp3) is 0.591. The van der Waals surface area contributed by atoms with Gasteiger partial charge in [0.1, 0.15) is 5.75 Å². The summed E-state index contributed by atoms with van der Waals surface area (Å²) in [7, 11) is 1.62. The van der Waals surface area contributed by atoms with E-state index in [2.05, 4.69) is 26.6 Å². The number of ketones is 1. The molecule has 30 heavy (non-hydrogen) atoms. The number of carbonyl (C=O) groups is 1. The molecule has 0 bridgehead atoms. The number of benzene rings is 1. The number of piperidine rings is 1. The molecule has 1 aromatic carbocycles. The molecule has 8 heteroatoms. The Kier molecular flexibility index (Phi) is 6.94. The Hall–Kier alpha value is -2.06. The first kappa shape index (κ1) is 21.2. The predicted octanol–water partition coefficient (Wildman–Crippen LogP) is 3.68. The second-order valence-electron chi connectivity index (χ2n) is 8.14. The van der Waals surface area contributed by atoms with Gasteiger partial charge in [0.25, 0.3) is 0 Å². The van der Waals surface area contributed by atoms with E-state index < -0.39 is 0 Å². The molecule has 2 aromatic rings. The van der Waals surface area contributed by atoms with Crippen LogP contribution < -0.4 is 9.64 Å². The van der Waals surface area contributed by atoms with Crippen LogP contribution in [0.15, 0.2) is 29.4 Å². The Balaban J connectivity index is 1.47. The van der Waals surface area contributed by atoms with Gasteiger partial charge in [0.05, 0.1) is 25.5 Å². The SMILES string of the molecule is COc1ccc(C(=O)CSc2nnc(N3CCC(C)CC3)n2CC2CCCO2)cc1. The standard InChI is InChI=1S/C22H30N4O3S/c1-16-9-11-25(12-10-16)21-23-24-22(26(21)14-19-4-3-13-29-19)30-15-20(27)17-5-7-18(28-2)8-6-17/h5-8,16,19H,3-4,9-15H2,1-2H3. The van der Waals surface area contributed by atoms with Gasteiger partial charge in [-0.05, 0) is 55.9 Å². The predicted molar refractivity (Wildman–Crippen MR) is 118 cm³/mol. The molecule has 0 aliphatic carbocycles. The smallest absolute Gasteiger partial charge is 0.228 e. The van der Waals surface area contributed by atoms with Crippen molar-refractivity contribution in [3.63, 3.8) is 0 Å². The highest BCUT2D eigenvalue weighted by molar-refractivity contribution is 7.99. The number of nitrogens with zero attached hydrogens (tertiary/aromatic N) is 4. The summed E-state index contributed by atoms with van der Waals surface area (Å²) in [5.41, 5.74) is 0.679. The van der Waals surface area contributed by atoms with E-state index in [-0.39, 0.29) is 11.9 Å². The highest BCUT2D eigenvalue weighted by atomic mass is 32.2. The summed E-state index contributed by atoms with van der Waals surface area (Å²) in [5.74, 6) is 2.81. The summed E-state index contributed by atoms with van der Waals surface area (Å²) in [4.78, 5) is 15.0. The van der Waals surface area contributed by atoms with Crippen molar-refractivity contribution in [2.75, 3.05) is 37.5 Å². The first-order valence-corrected chi connectivity index (χ1v) is 11.7. The molecule has 3 heterocycles. The average molecular weight is 431 g/mol. The second-order valence-corrected chi connectivity index (χ2v) is 9.08. The first-order chi connectivity index (χ1) is 14.6. The number of hydrogen-bond donors (Lipinski definition) is 0. The largest absolute Gasteiger partial charge is 0.497 e. The molecule has 2 aliphatic heterocycles. The summed E-state index contributed by atoms with van der Waals surface area (Å²) in [5, 5.41) is 9.76. The Morgan fingerprint density at radius 2 is 1.97 bits per heavy atom. The van der Waals surface area contributed by atoms with Crippen molar-refractivity contribution >= 4 is 23.5 Å². The molecule has 1 aromatic heterocycles. The number of carbonyl (C=O) groups excluding carboxylic acids is 1. The van der Waals surface area contributed by atoms with Gasteiger partial charge < -0.3 is 14.4 Å². The van der Waals surface area contributed by atoms with Crippen LogP contribution in [0.1, 0.15) is 43.0 Å². The molecule has 0 amide bonds. The molecule has 2 aliphatic rings. The molecule has 162 valence electrons. The van der Waals surface area contributed by atoms with Crippen molar-refractivity contribution in [3.05, 3.63) is 29.8 Å². The molecule has 2 saturated heterocycles. The van der Waals surface area contributed by atoms with Crippen molar-refractivity contribution in [1.29, 1.82) is 0 Å². The topological polar surface area (TPSA) is 69.5 Å². The van der Waals surface area contributed by atoms with E-state index in [1.165, 1.54) is 24.6 Å². The van der Waals surface area contributed by atoms with Gasteiger partial charge in [-0.3, -0.25) is 9.36 Å². The number of Topliss-reactive ketones (excluding diaryl/α,β-unsaturated/α-hetero) is 1. The number of thioether (sulfide) groups is 1. The molecule has 1 atom stereocenters. The lowest BCUT2D eigenvalue weighted by Gasteiger charge is -2.31. The van der Waals surface area contributed by atoms with Gasteiger partial charge in [0.2, 0.25) is 5.95 Å². The van der Waals surface area contributed by atoms with Gasteiger partial charge in [0, 0.05) is 25.3 Å². The minimum Gasteiger partial charge on any atom is -0.497 e. The van der Waals surface area contributed by atoms with E-state index in [1.54, 1.807) is 19.2 Å². The summed E-state index contributed by atoms with van der Waals surface area (Å²) >= 11 is 1.46. The van der Waals surface area contributed by atoms with Crippen LogP contribution in [-0.2, 0) is 11.3 Å². The molecule has 0 radical (unpaired) electrons. The molecule has 0 N–H and O–H groups in total. The van der Waals surface area contributed by atoms with Crippen LogP contribution in [0.25, 0.3) is 0 Å². The second kappa shape index (κ2) is 9.83. The average Bonchev–Trinajstić information content (AvgIpc) is 3.43. The Morgan fingerprint density at radius 3 is 2.63 bits per heavy atom. The summed E-state index contributed by atoms with van der Waals surface area (Å²) < 4.78 is 13.2. The van der Waals surface area contributed by atoms with Gasteiger partial charge in [0.15, 0.2) is 10.9 Å². The number of anilines is 1. The highest BCUT2D eigenvalue weighted by Gasteiger charge is 2.26. The molecule has 0 saturated carbocycles. The number of aromatic nitrogens is 3. The van der Waals surface area contributed by atoms with Gasteiger partial charge in [-0.1, -0.05) is 18.7 Å². The fourth-order valence-corrected chi connectivity index (χ4v) is 4.81. The Bertz CT molecular complexity index is 841. The van der Waals surface area contributed by atoms with Crippen LogP contribution in [0.2, 0.25) is 0 Å². The van der Waals surface area contributed by atoms with Crippen LogP contribution in [0.3, 0.4) is 0 Å². The van der Waals surface area contributed by atoms with Crippen LogP contribution in [0, 0.1) is 5.92 Å². The Morgan fingerprint density at radius 1 is 1.20 bits per heavy atom. The highest BCUT2D eigenvalue weighted by Crippen LogP contribution is 2.28. The third-order valence-corrected chi connectivity index (χ3v) is 6.89. The summed E-state index contributed by atoms with van der Waals surface area (Å²) in [6.07, 6.45) is 4.70. The number of hydrogen-bond acceptors (Lipinski definition) is 7. The zero-order valence-corrected chi connectivity index (χ0v) is 18.6. The lowest BCUT2D eigenvalue weighted by molar-refractivity contribution is 0.0951. The van der Waals surface area contributed by atoms with Gasteiger partial charge in [-0.15, -0.1) is 10.2 Å². The lowest BCUT2D eigenvalue weighted by Crippen LogP contribution is -2.35. The van der Waals surface area contributed by atoms with E-state index >= 15 is 0 Å². The first-order valence-electron chi connectivity index (χ1n) is 10.7. The van der Waals surface area contributed by atoms with Crippen LogP contribution in [0.4, 0.5) is 5.95 Å². The van der Waals surface area contributed by atoms with E-state index in [9.17, 15) is 4.79 Å². The van der Waals surface area contributed by atoms with Crippen LogP contribution in [0.5, 0.6) is 5.75 Å². The van der Waals surface area contributed by atoms with E-state index in [0.29, 0.717) is 11.3 Å². The molecule has 1 unspecified atom stereocenters. The summed E-state index contributed by atoms with van der Waals surface area (Å²) in [6, 6.07) is 7.23. The van der Waals surface area contributed by atoms with E-state index in [0.717, 1.165) is 61.9 Å². The molecular formula is C22H30N4O3S. The number of rotatable bonds is 8. The van der Waals surface area contributed by atoms with Crippen molar-refractivity contribution in [3.8, 4) is 5.75 Å². The van der Waals surface area contributed by atoms with Crippen molar-refractivity contribution < 1.29 is 14.3 Å². The van der Waals surface area contributed by atoms with Crippen LogP contribution >= 0.6 is 11.8 Å². The maximum absolute atomic E-state index is 12.7. The third kappa shape index (κ3) is 4.98. The van der Waals surface area contributed by atoms with Crippen LogP contribution in [-0.4, -0.2) is 59.2 Å². The van der Waals surface area contributed by atoms with Crippen molar-refractivity contribution in [2.45, 2.75) is 50.4 Å². The van der Waals surface area contributed by atoms with Gasteiger partial charge >= 0.3 is 0 Å². The Labute approximate surface area is 182 Å². The maximum atomic E-state index is 12.7.